The maximum absolute atomic E-state index is 14.1. The summed E-state index contributed by atoms with van der Waals surface area (Å²) in [4.78, 5) is 12.1. The summed E-state index contributed by atoms with van der Waals surface area (Å²) in [5, 5.41) is 11.9. The van der Waals surface area contributed by atoms with E-state index < -0.39 is 49.6 Å². The largest absolute Gasteiger partial charge is 0.506 e. The second-order valence-electron chi connectivity index (χ2n) is 7.13. The van der Waals surface area contributed by atoms with Gasteiger partial charge >= 0.3 is 6.18 Å². The maximum atomic E-state index is 14.1. The van der Waals surface area contributed by atoms with Crippen molar-refractivity contribution >= 4 is 21.4 Å². The zero-order valence-electron chi connectivity index (χ0n) is 17.2. The van der Waals surface area contributed by atoms with Crippen molar-refractivity contribution in [2.75, 3.05) is 11.6 Å². The highest BCUT2D eigenvalue weighted by atomic mass is 32.2. The first-order chi connectivity index (χ1) is 15.3. The van der Waals surface area contributed by atoms with Crippen molar-refractivity contribution in [2.24, 2.45) is 0 Å². The minimum absolute atomic E-state index is 0.114. The van der Waals surface area contributed by atoms with E-state index in [9.17, 15) is 35.9 Å². The van der Waals surface area contributed by atoms with Crippen LogP contribution in [-0.2, 0) is 16.0 Å². The molecule has 0 spiro atoms. The van der Waals surface area contributed by atoms with Gasteiger partial charge in [0.05, 0.1) is 11.3 Å². The van der Waals surface area contributed by atoms with Crippen molar-refractivity contribution in [2.45, 2.75) is 18.0 Å². The predicted molar refractivity (Wildman–Crippen MR) is 112 cm³/mol. The molecule has 1 amide bonds. The molecule has 3 aromatic rings. The number of sulfone groups is 1. The van der Waals surface area contributed by atoms with Crippen LogP contribution >= 0.6 is 0 Å². The Bertz CT molecular complexity index is 1320. The van der Waals surface area contributed by atoms with E-state index >= 15 is 0 Å². The van der Waals surface area contributed by atoms with Crippen LogP contribution in [0.1, 0.15) is 21.5 Å². The predicted octanol–water partition coefficient (Wildman–Crippen LogP) is 5.31. The number of phenols is 1. The van der Waals surface area contributed by atoms with Crippen LogP contribution in [0.3, 0.4) is 0 Å². The molecule has 6 nitrogen and oxygen atoms in total. The number of anilines is 1. The first-order valence-corrected chi connectivity index (χ1v) is 11.1. The molecule has 0 heterocycles. The number of rotatable bonds is 5. The number of halogens is 4. The van der Waals surface area contributed by atoms with E-state index in [1.807, 2.05) is 0 Å². The molecule has 11 heteroatoms. The van der Waals surface area contributed by atoms with Crippen molar-refractivity contribution in [3.63, 3.8) is 0 Å². The average Bonchev–Trinajstić information content (AvgIpc) is 2.68. The molecule has 0 atom stereocenters. The molecule has 2 N–H and O–H groups in total. The van der Waals surface area contributed by atoms with Crippen LogP contribution in [0.5, 0.6) is 17.2 Å². The summed E-state index contributed by atoms with van der Waals surface area (Å²) in [5.74, 6) is -2.17. The lowest BCUT2D eigenvalue weighted by Gasteiger charge is -2.13. The zero-order valence-corrected chi connectivity index (χ0v) is 18.0. The van der Waals surface area contributed by atoms with Gasteiger partial charge in [-0.2, -0.15) is 13.2 Å². The third-order valence-corrected chi connectivity index (χ3v) is 5.68. The Balaban J connectivity index is 1.80. The fraction of sp³-hybridized carbons (Fsp3) is 0.136. The average molecular weight is 483 g/mol. The lowest BCUT2D eigenvalue weighted by atomic mass is 10.1. The lowest BCUT2D eigenvalue weighted by Crippen LogP contribution is -2.15. The fourth-order valence-electron chi connectivity index (χ4n) is 2.93. The number of ether oxygens (including phenoxy) is 1. The summed E-state index contributed by atoms with van der Waals surface area (Å²) in [5.41, 5.74) is -0.746. The molecule has 0 saturated carbocycles. The Morgan fingerprint density at radius 2 is 1.61 bits per heavy atom. The van der Waals surface area contributed by atoms with Crippen molar-refractivity contribution in [1.82, 2.24) is 0 Å². The smallest absolute Gasteiger partial charge is 0.416 e. The van der Waals surface area contributed by atoms with Crippen LogP contribution in [-0.4, -0.2) is 25.7 Å². The molecule has 3 rings (SSSR count). The molecule has 0 aliphatic heterocycles. The third kappa shape index (κ3) is 5.61. The highest BCUT2D eigenvalue weighted by Crippen LogP contribution is 2.32. The van der Waals surface area contributed by atoms with Gasteiger partial charge in [0.1, 0.15) is 28.0 Å². The first kappa shape index (κ1) is 24.1. The van der Waals surface area contributed by atoms with E-state index in [0.29, 0.717) is 11.6 Å². The maximum Gasteiger partial charge on any atom is 0.416 e. The molecule has 0 radical (unpaired) electrons. The Morgan fingerprint density at radius 3 is 2.15 bits per heavy atom. The van der Waals surface area contributed by atoms with Gasteiger partial charge in [-0.3, -0.25) is 4.79 Å². The van der Waals surface area contributed by atoms with Gasteiger partial charge in [-0.25, -0.2) is 12.8 Å². The highest BCUT2D eigenvalue weighted by Gasteiger charge is 2.30. The molecule has 0 unspecified atom stereocenters. The summed E-state index contributed by atoms with van der Waals surface area (Å²) in [6.45, 7) is 1.56. The number of carbonyl (C=O) groups excluding carboxylic acids is 1. The number of nitrogens with one attached hydrogen (secondary N) is 1. The molecular weight excluding hydrogens is 466 g/mol. The van der Waals surface area contributed by atoms with E-state index in [-0.39, 0.29) is 17.1 Å². The van der Waals surface area contributed by atoms with Gasteiger partial charge < -0.3 is 15.2 Å². The lowest BCUT2D eigenvalue weighted by molar-refractivity contribution is -0.137. The van der Waals surface area contributed by atoms with Gasteiger partial charge in [0.15, 0.2) is 9.84 Å². The molecule has 0 aliphatic carbocycles. The Kier molecular flexibility index (Phi) is 6.37. The van der Waals surface area contributed by atoms with Crippen molar-refractivity contribution in [3.8, 4) is 17.2 Å². The first-order valence-electron chi connectivity index (χ1n) is 9.25. The van der Waals surface area contributed by atoms with Gasteiger partial charge in [-0.15, -0.1) is 0 Å². The van der Waals surface area contributed by atoms with Crippen molar-refractivity contribution < 1.29 is 40.6 Å². The fourth-order valence-corrected chi connectivity index (χ4v) is 3.70. The summed E-state index contributed by atoms with van der Waals surface area (Å²) in [6.07, 6.45) is -3.64. The van der Waals surface area contributed by atoms with Crippen LogP contribution in [0.2, 0.25) is 0 Å². The zero-order chi connectivity index (χ0) is 24.6. The number of hydrogen-bond donors (Lipinski definition) is 2. The Labute approximate surface area is 186 Å². The molecule has 0 saturated heterocycles. The third-order valence-electron chi connectivity index (χ3n) is 4.56. The standard InChI is InChI=1S/C22H17F4NO5S/c1-12-9-15(32-14-5-3-13(4-6-14)22(24,25)26)7-8-16(12)21(29)27-18-11-20(33(2,30)31)19(28)10-17(18)23/h3-11,28H,1-2H3,(H,27,29). The van der Waals surface area contributed by atoms with E-state index in [0.717, 1.165) is 36.6 Å². The molecular formula is C22H17F4NO5S. The number of aryl methyl sites for hydroxylation is 1. The van der Waals surface area contributed by atoms with E-state index in [4.69, 9.17) is 4.74 Å². The second kappa shape index (κ2) is 8.74. The van der Waals surface area contributed by atoms with Crippen LogP contribution in [0.15, 0.2) is 59.5 Å². The number of amides is 1. The second-order valence-corrected chi connectivity index (χ2v) is 9.11. The van der Waals surface area contributed by atoms with Gasteiger partial charge in [0, 0.05) is 17.9 Å². The van der Waals surface area contributed by atoms with Gasteiger partial charge in [-0.05, 0) is 61.0 Å². The molecule has 3 aromatic carbocycles. The minimum Gasteiger partial charge on any atom is -0.506 e. The minimum atomic E-state index is -4.47. The monoisotopic (exact) mass is 483 g/mol. The Morgan fingerprint density at radius 1 is 1.00 bits per heavy atom. The van der Waals surface area contributed by atoms with Crippen LogP contribution in [0.25, 0.3) is 0 Å². The SMILES string of the molecule is Cc1cc(Oc2ccc(C(F)(F)F)cc2)ccc1C(=O)Nc1cc(S(C)(=O)=O)c(O)cc1F. The number of phenolic OH excluding ortho intramolecular Hbond substituents is 1. The molecule has 0 aliphatic rings. The topological polar surface area (TPSA) is 92.7 Å². The molecule has 0 bridgehead atoms. The molecule has 33 heavy (non-hydrogen) atoms. The summed E-state index contributed by atoms with van der Waals surface area (Å²) >= 11 is 0. The van der Waals surface area contributed by atoms with Crippen molar-refractivity contribution in [1.29, 1.82) is 0 Å². The van der Waals surface area contributed by atoms with Crippen molar-refractivity contribution in [3.05, 3.63) is 77.1 Å². The summed E-state index contributed by atoms with van der Waals surface area (Å²) in [6, 6.07) is 9.69. The molecule has 0 fully saturated rings. The summed E-state index contributed by atoms with van der Waals surface area (Å²) < 4.78 is 81.1. The molecule has 174 valence electrons. The number of alkyl halides is 3. The van der Waals surface area contributed by atoms with Gasteiger partial charge in [0.2, 0.25) is 0 Å². The number of hydrogen-bond acceptors (Lipinski definition) is 5. The number of benzene rings is 3. The molecule has 0 aromatic heterocycles. The van der Waals surface area contributed by atoms with Crippen LogP contribution in [0, 0.1) is 12.7 Å². The number of carbonyl (C=O) groups is 1. The van der Waals surface area contributed by atoms with E-state index in [1.54, 1.807) is 6.92 Å². The summed E-state index contributed by atoms with van der Waals surface area (Å²) in [7, 11) is -3.87. The van der Waals surface area contributed by atoms with Gasteiger partial charge in [-0.1, -0.05) is 0 Å². The normalized spacial score (nSPS) is 11.8. The van der Waals surface area contributed by atoms with E-state index in [2.05, 4.69) is 5.32 Å². The van der Waals surface area contributed by atoms with E-state index in [1.165, 1.54) is 18.2 Å². The van der Waals surface area contributed by atoms with Crippen LogP contribution < -0.4 is 10.1 Å². The highest BCUT2D eigenvalue weighted by molar-refractivity contribution is 7.90. The van der Waals surface area contributed by atoms with Gasteiger partial charge in [0.25, 0.3) is 5.91 Å². The van der Waals surface area contributed by atoms with Crippen LogP contribution in [0.4, 0.5) is 23.2 Å². The Hall–Kier alpha value is -3.60. The quantitative estimate of drug-likeness (QED) is 0.292. The number of aromatic hydroxyl groups is 1.